The molecule has 2 aliphatic heterocycles. The van der Waals surface area contributed by atoms with Crippen LogP contribution in [0.2, 0.25) is 0 Å². The Morgan fingerprint density at radius 1 is 1.30 bits per heavy atom. The first kappa shape index (κ1) is 13.0. The van der Waals surface area contributed by atoms with E-state index in [2.05, 4.69) is 15.6 Å². The highest BCUT2D eigenvalue weighted by molar-refractivity contribution is 8.03. The molecule has 0 unspecified atom stereocenters. The zero-order valence-corrected chi connectivity index (χ0v) is 11.5. The van der Waals surface area contributed by atoms with E-state index in [4.69, 9.17) is 11.5 Å². The number of nitrogens with one attached hydrogen (secondary N) is 2. The van der Waals surface area contributed by atoms with Gasteiger partial charge in [-0.2, -0.15) is 0 Å². The van der Waals surface area contributed by atoms with Crippen LogP contribution >= 0.6 is 11.8 Å². The van der Waals surface area contributed by atoms with Gasteiger partial charge in [0.1, 0.15) is 11.4 Å². The largest absolute Gasteiger partial charge is 0.383 e. The molecule has 1 aromatic carbocycles. The zero-order chi connectivity index (χ0) is 14.1. The maximum Gasteiger partial charge on any atom is 0.255 e. The zero-order valence-electron chi connectivity index (χ0n) is 10.7. The van der Waals surface area contributed by atoms with Crippen molar-refractivity contribution in [1.82, 2.24) is 5.32 Å². The number of amides is 1. The third kappa shape index (κ3) is 2.37. The second-order valence-electron chi connectivity index (χ2n) is 4.62. The lowest BCUT2D eigenvalue weighted by atomic mass is 10.2. The average molecular weight is 289 g/mol. The lowest BCUT2D eigenvalue weighted by Gasteiger charge is -2.23. The Hall–Kier alpha value is -1.99. The van der Waals surface area contributed by atoms with Crippen LogP contribution in [0.1, 0.15) is 0 Å². The molecule has 0 radical (unpaired) electrons. The third-order valence-electron chi connectivity index (χ3n) is 3.16. The number of carbonyl (C=O) groups is 1. The Morgan fingerprint density at radius 3 is 2.65 bits per heavy atom. The van der Waals surface area contributed by atoms with Gasteiger partial charge in [-0.15, -0.1) is 0 Å². The van der Waals surface area contributed by atoms with Gasteiger partial charge in [-0.05, 0) is 12.1 Å². The highest BCUT2D eigenvalue weighted by atomic mass is 32.2. The summed E-state index contributed by atoms with van der Waals surface area (Å²) in [4.78, 5) is 17.1. The van der Waals surface area contributed by atoms with Crippen molar-refractivity contribution in [3.63, 3.8) is 0 Å². The van der Waals surface area contributed by atoms with Crippen LogP contribution in [0.15, 0.2) is 44.8 Å². The number of fused-ring (bicyclic) bond motifs is 1. The van der Waals surface area contributed by atoms with Gasteiger partial charge in [0, 0.05) is 18.0 Å². The molecule has 1 aromatic rings. The Morgan fingerprint density at radius 2 is 2.05 bits per heavy atom. The number of aliphatic imine (C=N–C) groups is 1. The molecule has 0 spiro atoms. The molecule has 0 aromatic heterocycles. The van der Waals surface area contributed by atoms with Crippen LogP contribution in [0.5, 0.6) is 0 Å². The number of nitrogens with zero attached hydrogens (tertiary/aromatic N) is 1. The summed E-state index contributed by atoms with van der Waals surface area (Å²) in [5, 5.41) is 6.92. The molecule has 2 aliphatic rings. The van der Waals surface area contributed by atoms with Crippen LogP contribution in [-0.4, -0.2) is 30.9 Å². The van der Waals surface area contributed by atoms with Gasteiger partial charge in [0.05, 0.1) is 16.8 Å². The first-order chi connectivity index (χ1) is 9.65. The minimum atomic E-state index is -0.568. The third-order valence-corrected chi connectivity index (χ3v) is 4.24. The Labute approximate surface area is 120 Å². The van der Waals surface area contributed by atoms with E-state index in [1.807, 2.05) is 24.3 Å². The van der Waals surface area contributed by atoms with E-state index in [0.717, 1.165) is 23.7 Å². The Balaban J connectivity index is 1.93. The normalized spacial score (nSPS) is 20.9. The monoisotopic (exact) mass is 289 g/mol. The van der Waals surface area contributed by atoms with E-state index < -0.39 is 5.91 Å². The van der Waals surface area contributed by atoms with Gasteiger partial charge in [0.25, 0.3) is 5.91 Å². The Bertz CT molecular complexity index is 594. The van der Waals surface area contributed by atoms with E-state index in [-0.39, 0.29) is 17.5 Å². The summed E-state index contributed by atoms with van der Waals surface area (Å²) in [6, 6.07) is 7.91. The Kier molecular flexibility index (Phi) is 3.37. The maximum absolute atomic E-state index is 11.7. The van der Waals surface area contributed by atoms with Crippen LogP contribution in [0, 0.1) is 0 Å². The molecule has 1 saturated heterocycles. The molecular weight excluding hydrogens is 274 g/mol. The summed E-state index contributed by atoms with van der Waals surface area (Å²) < 4.78 is 0. The molecule has 7 heteroatoms. The van der Waals surface area contributed by atoms with Crippen LogP contribution in [-0.2, 0) is 4.79 Å². The number of carbonyl (C=O) groups excluding carboxylic acids is 1. The number of benzene rings is 1. The molecule has 0 bridgehead atoms. The maximum atomic E-state index is 11.7. The van der Waals surface area contributed by atoms with Crippen LogP contribution in [0.25, 0.3) is 0 Å². The highest BCUT2D eigenvalue weighted by Crippen LogP contribution is 2.41. The number of hydrogen-bond acceptors (Lipinski definition) is 5. The van der Waals surface area contributed by atoms with Crippen LogP contribution in [0.4, 0.5) is 5.69 Å². The summed E-state index contributed by atoms with van der Waals surface area (Å²) in [5.74, 6) is -0.367. The fourth-order valence-electron chi connectivity index (χ4n) is 2.01. The summed E-state index contributed by atoms with van der Waals surface area (Å²) in [5.41, 5.74) is 12.6. The molecule has 1 fully saturated rings. The standard InChI is InChI=1S/C13H15N5OS/c14-11(17-7-5-16-6-7)10(12(15)19)13-18-8-3-1-2-4-9(8)20-13/h1-4,7,16,18H,5-6H2,(H2,14,17)(H2,15,19). The van der Waals surface area contributed by atoms with Crippen molar-refractivity contribution in [2.45, 2.75) is 10.9 Å². The van der Waals surface area contributed by atoms with Crippen molar-refractivity contribution < 1.29 is 4.79 Å². The second kappa shape index (κ2) is 5.18. The van der Waals surface area contributed by atoms with E-state index >= 15 is 0 Å². The van der Waals surface area contributed by atoms with E-state index in [9.17, 15) is 4.79 Å². The van der Waals surface area contributed by atoms with Crippen molar-refractivity contribution in [1.29, 1.82) is 0 Å². The van der Waals surface area contributed by atoms with Gasteiger partial charge in [-0.25, -0.2) is 0 Å². The average Bonchev–Trinajstić information content (AvgIpc) is 2.76. The minimum Gasteiger partial charge on any atom is -0.383 e. The summed E-state index contributed by atoms with van der Waals surface area (Å²) in [6.45, 7) is 1.56. The summed E-state index contributed by atoms with van der Waals surface area (Å²) in [7, 11) is 0. The number of rotatable bonds is 3. The fourth-order valence-corrected chi connectivity index (χ4v) is 3.07. The number of para-hydroxylation sites is 1. The van der Waals surface area contributed by atoms with Gasteiger partial charge >= 0.3 is 0 Å². The molecule has 6 nitrogen and oxygen atoms in total. The first-order valence-electron chi connectivity index (χ1n) is 6.27. The van der Waals surface area contributed by atoms with Gasteiger partial charge in [0.15, 0.2) is 0 Å². The van der Waals surface area contributed by atoms with Crippen molar-refractivity contribution in [2.75, 3.05) is 18.4 Å². The predicted octanol–water partition coefficient (Wildman–Crippen LogP) is 0.230. The van der Waals surface area contributed by atoms with Gasteiger partial charge in [0.2, 0.25) is 0 Å². The van der Waals surface area contributed by atoms with Crippen molar-refractivity contribution >= 4 is 29.2 Å². The van der Waals surface area contributed by atoms with E-state index in [1.54, 1.807) is 0 Å². The van der Waals surface area contributed by atoms with Crippen molar-refractivity contribution in [3.05, 3.63) is 34.9 Å². The predicted molar refractivity (Wildman–Crippen MR) is 80.4 cm³/mol. The molecule has 3 rings (SSSR count). The molecule has 20 heavy (non-hydrogen) atoms. The highest BCUT2D eigenvalue weighted by Gasteiger charge is 2.25. The summed E-state index contributed by atoms with van der Waals surface area (Å²) >= 11 is 1.44. The van der Waals surface area contributed by atoms with Gasteiger partial charge in [-0.3, -0.25) is 9.79 Å². The lowest BCUT2D eigenvalue weighted by Crippen LogP contribution is -2.47. The fraction of sp³-hybridized carbons (Fsp3) is 0.231. The van der Waals surface area contributed by atoms with E-state index in [1.165, 1.54) is 11.8 Å². The number of primary amides is 1. The number of anilines is 1. The molecule has 104 valence electrons. The smallest absolute Gasteiger partial charge is 0.255 e. The molecule has 0 atom stereocenters. The molecule has 0 aliphatic carbocycles. The van der Waals surface area contributed by atoms with Crippen molar-refractivity contribution in [2.24, 2.45) is 16.5 Å². The number of hydrogen-bond donors (Lipinski definition) is 4. The van der Waals surface area contributed by atoms with Gasteiger partial charge in [-0.1, -0.05) is 23.9 Å². The molecule has 1 amide bonds. The topological polar surface area (TPSA) is 106 Å². The quantitative estimate of drug-likeness (QED) is 0.362. The van der Waals surface area contributed by atoms with E-state index in [0.29, 0.717) is 5.03 Å². The molecule has 0 saturated carbocycles. The minimum absolute atomic E-state index is 0.124. The SMILES string of the molecule is NC(=O)C(C(N)=NC1CNC1)=C1Nc2ccccc2S1. The van der Waals surface area contributed by atoms with Crippen LogP contribution < -0.4 is 22.1 Å². The number of amidine groups is 1. The van der Waals surface area contributed by atoms with Crippen molar-refractivity contribution in [3.8, 4) is 0 Å². The van der Waals surface area contributed by atoms with Crippen LogP contribution in [0.3, 0.4) is 0 Å². The second-order valence-corrected chi connectivity index (χ2v) is 5.67. The number of nitrogens with two attached hydrogens (primary N) is 2. The lowest BCUT2D eigenvalue weighted by molar-refractivity contribution is -0.114. The first-order valence-corrected chi connectivity index (χ1v) is 7.09. The number of thioether (sulfide) groups is 1. The summed E-state index contributed by atoms with van der Waals surface area (Å²) in [6.07, 6.45) is 0. The molecular formula is C13H15N5OS. The molecule has 6 N–H and O–H groups in total. The van der Waals surface area contributed by atoms with Gasteiger partial charge < -0.3 is 22.1 Å². The molecule has 2 heterocycles.